The Morgan fingerprint density at radius 2 is 0.798 bits per heavy atom. The number of nitro groups is 1. The molecule has 27 nitrogen and oxygen atoms in total. The summed E-state index contributed by atoms with van der Waals surface area (Å²) in [4.78, 5) is 84.6. The number of hydrogen-bond donors (Lipinski definition) is 9. The van der Waals surface area contributed by atoms with Gasteiger partial charge in [0, 0.05) is 55.0 Å². The zero-order chi connectivity index (χ0) is 84.9. The average Bonchev–Trinajstić information content (AvgIpc) is 1.72. The molecule has 0 aliphatic heterocycles. The highest BCUT2D eigenvalue weighted by atomic mass is 35.5. The van der Waals surface area contributed by atoms with E-state index in [2.05, 4.69) is 119 Å². The highest BCUT2D eigenvalue weighted by Crippen LogP contribution is 2.32. The number of ether oxygens (including phenoxy) is 4. The van der Waals surface area contributed by atoms with E-state index in [4.69, 9.17) is 53.6 Å². The number of nitro benzene ring substituents is 1. The molecule has 626 valence electrons. The summed E-state index contributed by atoms with van der Waals surface area (Å²) in [6.07, 6.45) is 6.55. The largest absolute Gasteiger partial charge is 0.445 e. The number of benzene rings is 9. The Balaban J connectivity index is 0.000000198. The van der Waals surface area contributed by atoms with Crippen molar-refractivity contribution < 1.29 is 47.8 Å². The van der Waals surface area contributed by atoms with Gasteiger partial charge in [0.1, 0.15) is 29.1 Å². The van der Waals surface area contributed by atoms with E-state index in [0.29, 0.717) is 80.6 Å². The molecule has 0 unspecified atom stereocenters. The maximum atomic E-state index is 12.3. The van der Waals surface area contributed by atoms with Gasteiger partial charge in [0.05, 0.1) is 53.8 Å². The van der Waals surface area contributed by atoms with Gasteiger partial charge >= 0.3 is 30.4 Å². The molecular weight excluding hydrogens is 1580 g/mol. The first-order valence-corrected chi connectivity index (χ1v) is 39.3. The van der Waals surface area contributed by atoms with Gasteiger partial charge in [0.25, 0.3) is 5.69 Å². The third-order valence-electron chi connectivity index (χ3n) is 17.3. The topological polar surface area (TPSA) is 355 Å². The van der Waals surface area contributed by atoms with Crippen molar-refractivity contribution in [1.29, 1.82) is 0 Å². The quantitative estimate of drug-likeness (QED) is 0.00799. The van der Waals surface area contributed by atoms with Crippen molar-refractivity contribution in [2.24, 2.45) is 0 Å². The van der Waals surface area contributed by atoms with E-state index in [1.54, 1.807) is 90.1 Å². The van der Waals surface area contributed by atoms with E-state index in [0.717, 1.165) is 92.0 Å². The number of nitrogens with zero attached hydrogens (tertiary/aromatic N) is 7. The summed E-state index contributed by atoms with van der Waals surface area (Å²) in [6.45, 7) is 22.6. The molecule has 0 spiro atoms. The van der Waals surface area contributed by atoms with Crippen LogP contribution in [0.3, 0.4) is 0 Å². The highest BCUT2D eigenvalue weighted by molar-refractivity contribution is 6.42. The fourth-order valence-electron chi connectivity index (χ4n) is 12.2. The second kappa shape index (κ2) is 43.9. The SMILES string of the molecule is C=CCOC(=O)Nc1nc2cc(NC(=O)OC(C)(C)C)ccc2n1CCCc1ccccc1.CC(C)(C)OC(=O)Nc1ccc(NCCCc2ccccc2)c([N+](=O)[O-])c1.CC(C)(C)OC(=O)Nc1ccc2c(c1)nc(N)n2CCCc1ccccc1.Cl.Nc1nc2cc(NC(=O)Nc3ccc(Cl)c(Cl)c3)ccc2n1CCCc1ccccc1. The number of amides is 6. The van der Waals surface area contributed by atoms with E-state index < -0.39 is 52.1 Å². The number of urea groups is 1. The van der Waals surface area contributed by atoms with Gasteiger partial charge in [-0.05, 0) is 221 Å². The van der Waals surface area contributed by atoms with E-state index in [1.807, 2.05) is 132 Å². The van der Waals surface area contributed by atoms with Crippen LogP contribution < -0.4 is 48.7 Å². The first kappa shape index (κ1) is 91.7. The van der Waals surface area contributed by atoms with Crippen molar-refractivity contribution in [3.8, 4) is 0 Å². The zero-order valence-corrected chi connectivity index (χ0v) is 70.5. The molecule has 30 heteroatoms. The Kier molecular flexibility index (Phi) is 33.8. The maximum absolute atomic E-state index is 12.3. The van der Waals surface area contributed by atoms with Crippen molar-refractivity contribution in [2.45, 2.75) is 150 Å². The minimum Gasteiger partial charge on any atom is -0.445 e. The van der Waals surface area contributed by atoms with Crippen LogP contribution in [0.5, 0.6) is 0 Å². The second-order valence-corrected chi connectivity index (χ2v) is 31.1. The fraction of sp³-hybridized carbons (Fsp3) is 0.281. The molecule has 0 aliphatic rings. The minimum absolute atomic E-state index is 0. The van der Waals surface area contributed by atoms with E-state index in [-0.39, 0.29) is 24.7 Å². The van der Waals surface area contributed by atoms with Crippen LogP contribution in [0.2, 0.25) is 10.0 Å². The number of aryl methyl sites for hydroxylation is 7. The molecule has 0 saturated carbocycles. The molecule has 0 aliphatic carbocycles. The van der Waals surface area contributed by atoms with Crippen LogP contribution in [0.25, 0.3) is 33.1 Å². The summed E-state index contributed by atoms with van der Waals surface area (Å²) in [6, 6.07) is 66.5. The van der Waals surface area contributed by atoms with Crippen LogP contribution in [0, 0.1) is 10.1 Å². The molecule has 0 fully saturated rings. The number of rotatable bonds is 26. The van der Waals surface area contributed by atoms with Crippen molar-refractivity contribution in [1.82, 2.24) is 28.7 Å². The number of hydrogen-bond acceptors (Lipinski definition) is 17. The van der Waals surface area contributed by atoms with Crippen molar-refractivity contribution in [3.63, 3.8) is 0 Å². The number of halogens is 3. The Hall–Kier alpha value is -12.9. The van der Waals surface area contributed by atoms with Crippen LogP contribution in [0.4, 0.5) is 81.6 Å². The minimum atomic E-state index is -0.652. The number of carbonyl (C=O) groups excluding carboxylic acids is 5. The molecule has 6 amide bonds. The van der Waals surface area contributed by atoms with E-state index in [1.165, 1.54) is 34.4 Å². The number of fused-ring (bicyclic) bond motifs is 3. The van der Waals surface area contributed by atoms with Crippen molar-refractivity contribution in [2.75, 3.05) is 61.8 Å². The molecule has 3 heterocycles. The van der Waals surface area contributed by atoms with Gasteiger partial charge in [-0.1, -0.05) is 157 Å². The van der Waals surface area contributed by atoms with Crippen LogP contribution >= 0.6 is 35.6 Å². The molecule has 11 N–H and O–H groups in total. The summed E-state index contributed by atoms with van der Waals surface area (Å²) in [5.74, 6) is 1.31. The predicted molar refractivity (Wildman–Crippen MR) is 480 cm³/mol. The fourth-order valence-corrected chi connectivity index (χ4v) is 12.5. The Morgan fingerprint density at radius 3 is 1.19 bits per heavy atom. The number of nitrogen functional groups attached to an aromatic ring is 2. The second-order valence-electron chi connectivity index (χ2n) is 30.3. The molecule has 3 aromatic heterocycles. The van der Waals surface area contributed by atoms with E-state index >= 15 is 0 Å². The molecule has 12 aromatic rings. The third-order valence-corrected chi connectivity index (χ3v) is 18.0. The number of nitrogens with two attached hydrogens (primary N) is 2. The standard InChI is InChI=1S/C25H30N4O4.C23H21Cl2N5O.C21H26N4O2.C20H25N3O4.ClH/c1-5-16-32-23(30)28-22-27-20-17-19(26-24(31)33-25(2,3)4)13-14-21(20)29(22)15-9-12-18-10-7-6-8-11-18;24-18-10-8-16(13-19(18)25)27-23(31)28-17-9-11-21-20(14-17)29-22(26)30(21)12-4-7-15-5-2-1-3-6-15;1-21(2,3)27-20(26)23-16-11-12-18-17(14-16)24-19(22)25(18)13-7-10-15-8-5-4-6-9-15;1-20(2,3)27-19(24)22-16-11-12-17(18(14-16)23(25)26)21-13-7-10-15-8-5-4-6-9-15;/h5-8,10-11,13-14,17H,1,9,12,15-16H2,2-4H3,(H,26,31)(H,27,28,30);1-3,5-6,8-11,13-14H,4,7,12H2,(H2,26,29)(H2,27,28,31);4-6,8-9,11-12,14H,7,10,13H2,1-3H3,(H2,22,24)(H,23,26);4-6,8-9,11-12,14,21H,7,10,13H2,1-3H3,(H,22,24);1H. The van der Waals surface area contributed by atoms with Crippen LogP contribution in [0.1, 0.15) is 110 Å². The normalized spacial score (nSPS) is 11.0. The Labute approximate surface area is 708 Å². The zero-order valence-electron chi connectivity index (χ0n) is 68.1. The summed E-state index contributed by atoms with van der Waals surface area (Å²) in [5, 5.41) is 31.4. The molecule has 12 rings (SSSR count). The van der Waals surface area contributed by atoms with Gasteiger partial charge in [0.2, 0.25) is 17.8 Å². The number of carbonyl (C=O) groups is 5. The van der Waals surface area contributed by atoms with Gasteiger partial charge < -0.3 is 60.1 Å². The lowest BCUT2D eigenvalue weighted by Gasteiger charge is -2.19. The highest BCUT2D eigenvalue weighted by Gasteiger charge is 2.23. The number of imidazole rings is 3. The van der Waals surface area contributed by atoms with Gasteiger partial charge in [0.15, 0.2) is 0 Å². The summed E-state index contributed by atoms with van der Waals surface area (Å²) < 4.78 is 26.7. The van der Waals surface area contributed by atoms with Gasteiger partial charge in [-0.3, -0.25) is 31.4 Å². The lowest BCUT2D eigenvalue weighted by Crippen LogP contribution is -2.27. The molecule has 0 atom stereocenters. The molecular formula is C89H103Cl3N16O11. The van der Waals surface area contributed by atoms with Crippen LogP contribution in [0.15, 0.2) is 225 Å². The predicted octanol–water partition coefficient (Wildman–Crippen LogP) is 22.0. The molecule has 0 bridgehead atoms. The van der Waals surface area contributed by atoms with Crippen molar-refractivity contribution >= 4 is 157 Å². The number of nitrogens with one attached hydrogen (secondary N) is 7. The Morgan fingerprint density at radius 1 is 0.445 bits per heavy atom. The first-order chi connectivity index (χ1) is 56.3. The van der Waals surface area contributed by atoms with Crippen LogP contribution in [-0.4, -0.2) is 93.9 Å². The summed E-state index contributed by atoms with van der Waals surface area (Å²) in [7, 11) is 0. The van der Waals surface area contributed by atoms with Crippen LogP contribution in [-0.2, 0) is 64.3 Å². The number of aromatic nitrogens is 6. The summed E-state index contributed by atoms with van der Waals surface area (Å²) >= 11 is 11.9. The van der Waals surface area contributed by atoms with Crippen molar-refractivity contribution in [3.05, 3.63) is 267 Å². The lowest BCUT2D eigenvalue weighted by molar-refractivity contribution is -0.383. The third kappa shape index (κ3) is 30.3. The molecule has 9 aromatic carbocycles. The monoisotopic (exact) mass is 1680 g/mol. The number of anilines is 9. The molecule has 0 radical (unpaired) electrons. The molecule has 119 heavy (non-hydrogen) atoms. The van der Waals surface area contributed by atoms with E-state index in [9.17, 15) is 34.1 Å². The Bertz CT molecular complexity index is 5380. The summed E-state index contributed by atoms with van der Waals surface area (Å²) in [5.41, 5.74) is 23.3. The van der Waals surface area contributed by atoms with Gasteiger partial charge in [-0.15, -0.1) is 12.4 Å². The van der Waals surface area contributed by atoms with Gasteiger partial charge in [-0.25, -0.2) is 38.9 Å². The first-order valence-electron chi connectivity index (χ1n) is 38.6. The average molecular weight is 1680 g/mol. The smallest absolute Gasteiger partial charge is 0.414 e. The van der Waals surface area contributed by atoms with Gasteiger partial charge in [-0.2, -0.15) is 0 Å². The lowest BCUT2D eigenvalue weighted by atomic mass is 10.1. The molecule has 0 saturated heterocycles. The maximum Gasteiger partial charge on any atom is 0.414 e.